The van der Waals surface area contributed by atoms with E-state index in [1.807, 2.05) is 0 Å². The molecule has 122 valence electrons. The Bertz CT molecular complexity index is 592. The van der Waals surface area contributed by atoms with Crippen molar-refractivity contribution < 1.29 is 27.4 Å². The van der Waals surface area contributed by atoms with E-state index in [-0.39, 0.29) is 11.5 Å². The van der Waals surface area contributed by atoms with Crippen molar-refractivity contribution in [3.8, 4) is 5.75 Å². The van der Waals surface area contributed by atoms with Crippen LogP contribution >= 0.6 is 0 Å². The maximum atomic E-state index is 12.4. The van der Waals surface area contributed by atoms with Gasteiger partial charge in [0.05, 0.1) is 24.7 Å². The number of rotatable bonds is 6. The summed E-state index contributed by atoms with van der Waals surface area (Å²) in [6.07, 6.45) is 0. The van der Waals surface area contributed by atoms with E-state index >= 15 is 0 Å². The van der Waals surface area contributed by atoms with Crippen LogP contribution in [0.2, 0.25) is 0 Å². The van der Waals surface area contributed by atoms with Gasteiger partial charge in [0, 0.05) is 13.1 Å². The SMILES string of the molecule is CCOC(=O)COc1ccc(S(=O)(=O)N2CCOCC2)cc1. The fourth-order valence-corrected chi connectivity index (χ4v) is 3.40. The molecule has 1 heterocycles. The summed E-state index contributed by atoms with van der Waals surface area (Å²) in [4.78, 5) is 11.4. The molecule has 0 atom stereocenters. The molecule has 22 heavy (non-hydrogen) atoms. The first kappa shape index (κ1) is 16.7. The molecule has 1 aliphatic heterocycles. The zero-order valence-electron chi connectivity index (χ0n) is 12.4. The highest BCUT2D eigenvalue weighted by Crippen LogP contribution is 2.20. The minimum absolute atomic E-state index is 0.192. The number of carbonyl (C=O) groups is 1. The molecule has 1 aromatic carbocycles. The molecular weight excluding hydrogens is 310 g/mol. The molecule has 0 N–H and O–H groups in total. The Balaban J connectivity index is 2.00. The molecule has 7 nitrogen and oxygen atoms in total. The van der Waals surface area contributed by atoms with Gasteiger partial charge >= 0.3 is 5.97 Å². The summed E-state index contributed by atoms with van der Waals surface area (Å²) in [7, 11) is -3.51. The van der Waals surface area contributed by atoms with Crippen molar-refractivity contribution in [2.45, 2.75) is 11.8 Å². The van der Waals surface area contributed by atoms with Crippen LogP contribution in [-0.2, 0) is 24.3 Å². The van der Waals surface area contributed by atoms with Gasteiger partial charge in [-0.2, -0.15) is 4.31 Å². The second kappa shape index (κ2) is 7.57. The Morgan fingerprint density at radius 3 is 2.45 bits per heavy atom. The average Bonchev–Trinajstić information content (AvgIpc) is 2.54. The molecule has 0 radical (unpaired) electrons. The van der Waals surface area contributed by atoms with Gasteiger partial charge in [-0.25, -0.2) is 13.2 Å². The summed E-state index contributed by atoms with van der Waals surface area (Å²) in [5.41, 5.74) is 0. The molecule has 1 saturated heterocycles. The second-order valence-electron chi connectivity index (χ2n) is 4.58. The van der Waals surface area contributed by atoms with E-state index in [4.69, 9.17) is 14.2 Å². The maximum absolute atomic E-state index is 12.4. The zero-order valence-corrected chi connectivity index (χ0v) is 13.2. The van der Waals surface area contributed by atoms with Gasteiger partial charge in [-0.1, -0.05) is 0 Å². The first-order valence-electron chi connectivity index (χ1n) is 7.00. The summed E-state index contributed by atoms with van der Waals surface area (Å²) < 4.78 is 41.3. The number of ether oxygens (including phenoxy) is 3. The second-order valence-corrected chi connectivity index (χ2v) is 6.52. The van der Waals surface area contributed by atoms with Gasteiger partial charge in [0.15, 0.2) is 6.61 Å². The number of carbonyl (C=O) groups excluding carboxylic acids is 1. The molecular formula is C14H19NO6S. The predicted octanol–water partition coefficient (Wildman–Crippen LogP) is 0.649. The quantitative estimate of drug-likeness (QED) is 0.713. The molecule has 0 unspecified atom stereocenters. The first-order valence-corrected chi connectivity index (χ1v) is 8.44. The van der Waals surface area contributed by atoms with Crippen LogP contribution in [0.25, 0.3) is 0 Å². The van der Waals surface area contributed by atoms with Crippen molar-refractivity contribution in [3.05, 3.63) is 24.3 Å². The van der Waals surface area contributed by atoms with Crippen molar-refractivity contribution in [2.75, 3.05) is 39.5 Å². The standard InChI is InChI=1S/C14H19NO6S/c1-2-20-14(16)11-21-12-3-5-13(6-4-12)22(17,18)15-7-9-19-10-8-15/h3-6H,2,7-11H2,1H3. The molecule has 1 fully saturated rings. The van der Waals surface area contributed by atoms with Gasteiger partial charge in [-0.05, 0) is 31.2 Å². The van der Waals surface area contributed by atoms with Crippen LogP contribution in [0, 0.1) is 0 Å². The molecule has 1 aromatic rings. The van der Waals surface area contributed by atoms with E-state index in [0.717, 1.165) is 0 Å². The Morgan fingerprint density at radius 1 is 1.23 bits per heavy atom. The highest BCUT2D eigenvalue weighted by molar-refractivity contribution is 7.89. The molecule has 0 bridgehead atoms. The third-order valence-electron chi connectivity index (χ3n) is 3.09. The van der Waals surface area contributed by atoms with E-state index in [9.17, 15) is 13.2 Å². The fraction of sp³-hybridized carbons (Fsp3) is 0.500. The summed E-state index contributed by atoms with van der Waals surface area (Å²) in [6.45, 7) is 3.30. The molecule has 2 rings (SSSR count). The minimum Gasteiger partial charge on any atom is -0.482 e. The van der Waals surface area contributed by atoms with Gasteiger partial charge in [0.1, 0.15) is 5.75 Å². The van der Waals surface area contributed by atoms with Crippen molar-refractivity contribution in [3.63, 3.8) is 0 Å². The fourth-order valence-electron chi connectivity index (χ4n) is 1.99. The first-order chi connectivity index (χ1) is 10.5. The Labute approximate surface area is 129 Å². The topological polar surface area (TPSA) is 82.1 Å². The van der Waals surface area contributed by atoms with Gasteiger partial charge < -0.3 is 14.2 Å². The summed E-state index contributed by atoms with van der Waals surface area (Å²) in [5.74, 6) is -0.0542. The number of sulfonamides is 1. The monoisotopic (exact) mass is 329 g/mol. The van der Waals surface area contributed by atoms with E-state index in [2.05, 4.69) is 0 Å². The smallest absolute Gasteiger partial charge is 0.344 e. The largest absolute Gasteiger partial charge is 0.482 e. The summed E-state index contributed by atoms with van der Waals surface area (Å²) in [5, 5.41) is 0. The van der Waals surface area contributed by atoms with Crippen molar-refractivity contribution in [1.82, 2.24) is 4.31 Å². The molecule has 1 aliphatic rings. The lowest BCUT2D eigenvalue weighted by Gasteiger charge is -2.26. The van der Waals surface area contributed by atoms with Crippen LogP contribution in [-0.4, -0.2) is 58.2 Å². The summed E-state index contributed by atoms with van der Waals surface area (Å²) >= 11 is 0. The van der Waals surface area contributed by atoms with Crippen molar-refractivity contribution in [1.29, 1.82) is 0 Å². The third-order valence-corrected chi connectivity index (χ3v) is 5.01. The number of esters is 1. The Kier molecular flexibility index (Phi) is 5.76. The minimum atomic E-state index is -3.51. The Morgan fingerprint density at radius 2 is 1.86 bits per heavy atom. The van der Waals surface area contributed by atoms with E-state index in [0.29, 0.717) is 38.7 Å². The highest BCUT2D eigenvalue weighted by Gasteiger charge is 2.26. The van der Waals surface area contributed by atoms with E-state index in [1.54, 1.807) is 6.92 Å². The molecule has 0 spiro atoms. The Hall–Kier alpha value is -1.64. The molecule has 0 amide bonds. The maximum Gasteiger partial charge on any atom is 0.344 e. The third kappa shape index (κ3) is 4.19. The molecule has 8 heteroatoms. The highest BCUT2D eigenvalue weighted by atomic mass is 32.2. The molecule has 0 aliphatic carbocycles. The average molecular weight is 329 g/mol. The number of nitrogens with zero attached hydrogens (tertiary/aromatic N) is 1. The van der Waals surface area contributed by atoms with E-state index in [1.165, 1.54) is 28.6 Å². The lowest BCUT2D eigenvalue weighted by atomic mass is 10.3. The molecule has 0 saturated carbocycles. The van der Waals surface area contributed by atoms with Crippen LogP contribution < -0.4 is 4.74 Å². The van der Waals surface area contributed by atoms with Gasteiger partial charge in [0.25, 0.3) is 0 Å². The van der Waals surface area contributed by atoms with Crippen LogP contribution in [0.5, 0.6) is 5.75 Å². The van der Waals surface area contributed by atoms with Crippen LogP contribution in [0.4, 0.5) is 0 Å². The van der Waals surface area contributed by atoms with Crippen LogP contribution in [0.3, 0.4) is 0 Å². The normalized spacial score (nSPS) is 16.2. The van der Waals surface area contributed by atoms with Crippen LogP contribution in [0.1, 0.15) is 6.92 Å². The lowest BCUT2D eigenvalue weighted by Crippen LogP contribution is -2.40. The van der Waals surface area contributed by atoms with Crippen molar-refractivity contribution >= 4 is 16.0 Å². The predicted molar refractivity (Wildman–Crippen MR) is 78.1 cm³/mol. The number of benzene rings is 1. The lowest BCUT2D eigenvalue weighted by molar-refractivity contribution is -0.145. The van der Waals surface area contributed by atoms with Gasteiger partial charge in [0.2, 0.25) is 10.0 Å². The van der Waals surface area contributed by atoms with Gasteiger partial charge in [-0.15, -0.1) is 0 Å². The van der Waals surface area contributed by atoms with E-state index < -0.39 is 16.0 Å². The van der Waals surface area contributed by atoms with Crippen LogP contribution in [0.15, 0.2) is 29.2 Å². The summed E-state index contributed by atoms with van der Waals surface area (Å²) in [6, 6.07) is 5.97. The molecule has 0 aromatic heterocycles. The number of morpholine rings is 1. The van der Waals surface area contributed by atoms with Gasteiger partial charge in [-0.3, -0.25) is 0 Å². The van der Waals surface area contributed by atoms with Crippen molar-refractivity contribution in [2.24, 2.45) is 0 Å². The zero-order chi connectivity index (χ0) is 16.0. The number of hydrogen-bond acceptors (Lipinski definition) is 6. The number of hydrogen-bond donors (Lipinski definition) is 0.